The Balaban J connectivity index is 1.37. The maximum Gasteiger partial charge on any atom is 0.338 e. The molecular formula is C39H40O4. The van der Waals surface area contributed by atoms with E-state index in [1.807, 2.05) is 52.8 Å². The molecule has 0 heterocycles. The van der Waals surface area contributed by atoms with Crippen LogP contribution in [0.15, 0.2) is 66.7 Å². The third kappa shape index (κ3) is 4.02. The predicted octanol–water partition coefficient (Wildman–Crippen LogP) is 8.83. The normalized spacial score (nSPS) is 28.5. The zero-order valence-electron chi connectivity index (χ0n) is 26.2. The number of hydrogen-bond donors (Lipinski definition) is 0. The van der Waals surface area contributed by atoms with Crippen molar-refractivity contribution < 1.29 is 19.1 Å². The van der Waals surface area contributed by atoms with Crippen molar-refractivity contribution in [2.75, 3.05) is 0 Å². The zero-order valence-corrected chi connectivity index (χ0v) is 26.2. The SMILES string of the molecule is Cc1cc(C)cc(C(=O)OC2C(OC(=O)c3cc(C)cc(C)c3C)C3(C)CCC2(C)C2c4cccc5cccc(c45)C23)c1. The summed E-state index contributed by atoms with van der Waals surface area (Å²) in [4.78, 5) is 28.0. The second kappa shape index (κ2) is 9.54. The average Bonchev–Trinajstić information content (AvgIpc) is 3.32. The van der Waals surface area contributed by atoms with E-state index in [0.29, 0.717) is 11.1 Å². The van der Waals surface area contributed by atoms with E-state index in [1.54, 1.807) is 0 Å². The second-order valence-electron chi connectivity index (χ2n) is 14.0. The molecule has 0 amide bonds. The number of benzene rings is 4. The van der Waals surface area contributed by atoms with Crippen molar-refractivity contribution in [3.8, 4) is 0 Å². The Hall–Kier alpha value is -3.92. The van der Waals surface area contributed by atoms with Crippen LogP contribution in [0.3, 0.4) is 0 Å². The lowest BCUT2D eigenvalue weighted by Crippen LogP contribution is -2.66. The van der Waals surface area contributed by atoms with Gasteiger partial charge in [0.2, 0.25) is 0 Å². The Labute approximate surface area is 254 Å². The van der Waals surface area contributed by atoms with Gasteiger partial charge in [0.05, 0.1) is 11.1 Å². The fourth-order valence-electron chi connectivity index (χ4n) is 9.03. The molecule has 4 heteroatoms. The number of aryl methyl sites for hydroxylation is 4. The van der Waals surface area contributed by atoms with Crippen molar-refractivity contribution in [2.24, 2.45) is 10.8 Å². The number of hydrogen-bond acceptors (Lipinski definition) is 4. The first kappa shape index (κ1) is 27.9. The van der Waals surface area contributed by atoms with Crippen LogP contribution in [0.1, 0.15) is 98.2 Å². The first-order valence-electron chi connectivity index (χ1n) is 15.5. The molecule has 43 heavy (non-hydrogen) atoms. The van der Waals surface area contributed by atoms with Crippen LogP contribution in [0, 0.1) is 45.4 Å². The van der Waals surface area contributed by atoms with Gasteiger partial charge in [0, 0.05) is 22.7 Å². The summed E-state index contributed by atoms with van der Waals surface area (Å²) >= 11 is 0. The molecule has 0 radical (unpaired) electrons. The standard InChI is InChI=1S/C39H40O4/c1-21-16-22(2)19-27(18-21)36(40)42-34-35(43-37(41)30-20-23(3)17-24(4)25(30)5)39(7)15-14-38(34,6)32-28-12-8-10-26-11-9-13-29(31(26)28)33(32)39/h8-13,16-20,32-35H,14-15H2,1-7H3. The number of carbonyl (C=O) groups excluding carboxylic acids is 2. The summed E-state index contributed by atoms with van der Waals surface area (Å²) in [5.74, 6) is -0.392. The highest BCUT2D eigenvalue weighted by molar-refractivity contribution is 5.94. The van der Waals surface area contributed by atoms with Gasteiger partial charge in [-0.1, -0.05) is 73.5 Å². The number of rotatable bonds is 4. The number of esters is 2. The average molecular weight is 573 g/mol. The summed E-state index contributed by atoms with van der Waals surface area (Å²) in [5, 5.41) is 2.55. The molecule has 0 saturated heterocycles. The van der Waals surface area contributed by atoms with Gasteiger partial charge in [0.1, 0.15) is 12.2 Å². The predicted molar refractivity (Wildman–Crippen MR) is 170 cm³/mol. The highest BCUT2D eigenvalue weighted by Gasteiger charge is 2.70. The molecule has 6 unspecified atom stereocenters. The molecule has 4 aromatic carbocycles. The molecule has 6 atom stereocenters. The Kier molecular flexibility index (Phi) is 6.19. The molecule has 4 aromatic rings. The topological polar surface area (TPSA) is 52.6 Å². The molecule has 4 aliphatic carbocycles. The maximum absolute atomic E-state index is 14.1. The van der Waals surface area contributed by atoms with Crippen molar-refractivity contribution in [3.63, 3.8) is 0 Å². The van der Waals surface area contributed by atoms with E-state index in [-0.39, 0.29) is 23.8 Å². The van der Waals surface area contributed by atoms with E-state index in [2.05, 4.69) is 62.4 Å². The third-order valence-electron chi connectivity index (χ3n) is 11.1. The lowest BCUT2D eigenvalue weighted by molar-refractivity contribution is -0.210. The molecule has 220 valence electrons. The van der Waals surface area contributed by atoms with E-state index in [1.165, 1.54) is 21.9 Å². The largest absolute Gasteiger partial charge is 0.454 e. The Morgan fingerprint density at radius 1 is 0.674 bits per heavy atom. The molecule has 3 saturated carbocycles. The van der Waals surface area contributed by atoms with Crippen LogP contribution in [0.5, 0.6) is 0 Å². The van der Waals surface area contributed by atoms with Gasteiger partial charge in [-0.3, -0.25) is 0 Å². The van der Waals surface area contributed by atoms with Gasteiger partial charge < -0.3 is 9.47 Å². The smallest absolute Gasteiger partial charge is 0.338 e. The summed E-state index contributed by atoms with van der Waals surface area (Å²) < 4.78 is 13.3. The highest BCUT2D eigenvalue weighted by atomic mass is 16.6. The summed E-state index contributed by atoms with van der Waals surface area (Å²) in [6, 6.07) is 23.0. The van der Waals surface area contributed by atoms with Gasteiger partial charge in [0.25, 0.3) is 0 Å². The van der Waals surface area contributed by atoms with E-state index in [9.17, 15) is 9.59 Å². The molecule has 4 aliphatic rings. The zero-order chi connectivity index (χ0) is 30.4. The minimum absolute atomic E-state index is 0.154. The van der Waals surface area contributed by atoms with Gasteiger partial charge in [-0.2, -0.15) is 0 Å². The fraction of sp³-hybridized carbons (Fsp3) is 0.385. The van der Waals surface area contributed by atoms with Crippen molar-refractivity contribution in [2.45, 2.75) is 85.4 Å². The van der Waals surface area contributed by atoms with Crippen LogP contribution in [0.25, 0.3) is 10.8 Å². The lowest BCUT2D eigenvalue weighted by Gasteiger charge is -2.64. The van der Waals surface area contributed by atoms with E-state index in [4.69, 9.17) is 9.47 Å². The fourth-order valence-corrected chi connectivity index (χ4v) is 9.03. The van der Waals surface area contributed by atoms with Gasteiger partial charge in [-0.15, -0.1) is 0 Å². The van der Waals surface area contributed by atoms with Crippen molar-refractivity contribution in [1.82, 2.24) is 0 Å². The molecule has 0 spiro atoms. The van der Waals surface area contributed by atoms with E-state index < -0.39 is 23.0 Å². The monoisotopic (exact) mass is 572 g/mol. The molecule has 2 bridgehead atoms. The minimum atomic E-state index is -0.598. The van der Waals surface area contributed by atoms with E-state index in [0.717, 1.165) is 40.7 Å². The van der Waals surface area contributed by atoms with Crippen LogP contribution in [0.4, 0.5) is 0 Å². The first-order chi connectivity index (χ1) is 20.4. The van der Waals surface area contributed by atoms with Crippen LogP contribution >= 0.6 is 0 Å². The molecule has 0 N–H and O–H groups in total. The maximum atomic E-state index is 14.1. The van der Waals surface area contributed by atoms with Crippen LogP contribution < -0.4 is 0 Å². The van der Waals surface area contributed by atoms with Crippen molar-refractivity contribution >= 4 is 22.7 Å². The summed E-state index contributed by atoms with van der Waals surface area (Å²) in [5.41, 5.74) is 7.97. The Bertz CT molecular complexity index is 1810. The van der Waals surface area contributed by atoms with Gasteiger partial charge in [-0.05, 0) is 104 Å². The van der Waals surface area contributed by atoms with Crippen LogP contribution in [0.2, 0.25) is 0 Å². The summed E-state index contributed by atoms with van der Waals surface area (Å²) in [6.07, 6.45) is 0.576. The highest BCUT2D eigenvalue weighted by Crippen LogP contribution is 2.73. The van der Waals surface area contributed by atoms with Crippen molar-refractivity contribution in [3.05, 3.63) is 117 Å². The molecule has 0 aliphatic heterocycles. The van der Waals surface area contributed by atoms with Gasteiger partial charge in [-0.25, -0.2) is 9.59 Å². The quantitative estimate of drug-likeness (QED) is 0.229. The first-order valence-corrected chi connectivity index (χ1v) is 15.5. The number of ether oxygens (including phenoxy) is 2. The molecule has 8 rings (SSSR count). The molecule has 0 aromatic heterocycles. The summed E-state index contributed by atoms with van der Waals surface area (Å²) in [7, 11) is 0. The summed E-state index contributed by atoms with van der Waals surface area (Å²) in [6.45, 7) is 14.5. The van der Waals surface area contributed by atoms with E-state index >= 15 is 0 Å². The van der Waals surface area contributed by atoms with Gasteiger partial charge >= 0.3 is 11.9 Å². The minimum Gasteiger partial charge on any atom is -0.454 e. The molecular weight excluding hydrogens is 532 g/mol. The lowest BCUT2D eigenvalue weighted by atomic mass is 9.43. The second-order valence-corrected chi connectivity index (χ2v) is 14.0. The number of carbonyl (C=O) groups is 2. The Morgan fingerprint density at radius 3 is 1.74 bits per heavy atom. The van der Waals surface area contributed by atoms with Crippen molar-refractivity contribution in [1.29, 1.82) is 0 Å². The molecule has 3 fully saturated rings. The van der Waals surface area contributed by atoms with Crippen LogP contribution in [-0.2, 0) is 9.47 Å². The third-order valence-corrected chi connectivity index (χ3v) is 11.1. The molecule has 4 nitrogen and oxygen atoms in total. The number of fused-ring (bicyclic) bond motifs is 2. The van der Waals surface area contributed by atoms with Crippen LogP contribution in [-0.4, -0.2) is 24.1 Å². The Morgan fingerprint density at radius 2 is 1.19 bits per heavy atom. The van der Waals surface area contributed by atoms with Gasteiger partial charge in [0.15, 0.2) is 0 Å².